The molecule has 282 valence electrons. The van der Waals surface area contributed by atoms with Crippen molar-refractivity contribution in [2.75, 3.05) is 0 Å². The number of hydrogen-bond acceptors (Lipinski definition) is 6. The molecule has 0 N–H and O–H groups in total. The highest BCUT2D eigenvalue weighted by Crippen LogP contribution is 2.38. The van der Waals surface area contributed by atoms with Gasteiger partial charge in [0.15, 0.2) is 34.9 Å². The van der Waals surface area contributed by atoms with Gasteiger partial charge in [0.2, 0.25) is 0 Å². The zero-order valence-corrected chi connectivity index (χ0v) is 32.5. The molecule has 0 spiro atoms. The smallest absolute Gasteiger partial charge is 0.164 e. The molecule has 0 amide bonds. The van der Waals surface area contributed by atoms with Gasteiger partial charge in [0.25, 0.3) is 0 Å². The van der Waals surface area contributed by atoms with Gasteiger partial charge in [-0.05, 0) is 45.5 Å². The van der Waals surface area contributed by atoms with E-state index >= 15 is 0 Å². The second-order valence-electron chi connectivity index (χ2n) is 14.4. The molecule has 0 aliphatic heterocycles. The Bertz CT molecular complexity index is 2930. The van der Waals surface area contributed by atoms with Crippen LogP contribution in [0.1, 0.15) is 0 Å². The van der Waals surface area contributed by atoms with Crippen molar-refractivity contribution >= 4 is 0 Å². The minimum absolute atomic E-state index is 0.608. The molecule has 0 aliphatic carbocycles. The molecular formula is C54H36N6. The maximum atomic E-state index is 5.03. The van der Waals surface area contributed by atoms with Crippen molar-refractivity contribution in [3.8, 4) is 102 Å². The van der Waals surface area contributed by atoms with Gasteiger partial charge in [0.05, 0.1) is 0 Å². The normalized spacial score (nSPS) is 11.0. The van der Waals surface area contributed by atoms with Gasteiger partial charge in [-0.2, -0.15) is 0 Å². The van der Waals surface area contributed by atoms with E-state index < -0.39 is 0 Å². The number of hydrogen-bond donors (Lipinski definition) is 0. The average Bonchev–Trinajstić information content (AvgIpc) is 3.35. The maximum absolute atomic E-state index is 5.03. The third-order valence-electron chi connectivity index (χ3n) is 10.4. The highest BCUT2D eigenvalue weighted by molar-refractivity contribution is 5.89. The summed E-state index contributed by atoms with van der Waals surface area (Å²) >= 11 is 0. The molecule has 0 aliphatic rings. The summed E-state index contributed by atoms with van der Waals surface area (Å²) in [5.41, 5.74) is 12.1. The van der Waals surface area contributed by atoms with Crippen LogP contribution in [0.5, 0.6) is 0 Å². The predicted molar refractivity (Wildman–Crippen MR) is 242 cm³/mol. The minimum Gasteiger partial charge on any atom is -0.208 e. The van der Waals surface area contributed by atoms with E-state index in [1.165, 1.54) is 0 Å². The first-order chi connectivity index (χ1) is 29.7. The van der Waals surface area contributed by atoms with Crippen molar-refractivity contribution in [2.24, 2.45) is 0 Å². The van der Waals surface area contributed by atoms with Crippen molar-refractivity contribution in [1.82, 2.24) is 29.9 Å². The summed E-state index contributed by atoms with van der Waals surface area (Å²) in [6.45, 7) is 0. The summed E-state index contributed by atoms with van der Waals surface area (Å²) in [7, 11) is 0. The number of rotatable bonds is 9. The van der Waals surface area contributed by atoms with Crippen LogP contribution >= 0.6 is 0 Å². The first-order valence-electron chi connectivity index (χ1n) is 19.9. The molecule has 0 unspecified atom stereocenters. The highest BCUT2D eigenvalue weighted by Gasteiger charge is 2.17. The monoisotopic (exact) mass is 768 g/mol. The van der Waals surface area contributed by atoms with Gasteiger partial charge in [-0.25, -0.2) is 29.9 Å². The number of aromatic nitrogens is 6. The van der Waals surface area contributed by atoms with Gasteiger partial charge < -0.3 is 0 Å². The van der Waals surface area contributed by atoms with E-state index in [9.17, 15) is 0 Å². The van der Waals surface area contributed by atoms with E-state index in [4.69, 9.17) is 29.9 Å². The quantitative estimate of drug-likeness (QED) is 0.145. The van der Waals surface area contributed by atoms with E-state index in [0.717, 1.165) is 66.8 Å². The highest BCUT2D eigenvalue weighted by atomic mass is 15.0. The third-order valence-corrected chi connectivity index (χ3v) is 10.4. The van der Waals surface area contributed by atoms with Crippen molar-refractivity contribution in [3.05, 3.63) is 218 Å². The van der Waals surface area contributed by atoms with Gasteiger partial charge in [-0.15, -0.1) is 0 Å². The van der Waals surface area contributed by atoms with Crippen molar-refractivity contribution in [2.45, 2.75) is 0 Å². The summed E-state index contributed by atoms with van der Waals surface area (Å²) in [6, 6.07) is 74.4. The van der Waals surface area contributed by atoms with E-state index in [0.29, 0.717) is 34.9 Å². The molecule has 2 aromatic heterocycles. The molecule has 0 saturated carbocycles. The molecule has 0 atom stereocenters. The van der Waals surface area contributed by atoms with Crippen LogP contribution in [0.25, 0.3) is 102 Å². The largest absolute Gasteiger partial charge is 0.208 e. The molecule has 0 bridgehead atoms. The van der Waals surface area contributed by atoms with Crippen LogP contribution in [-0.4, -0.2) is 29.9 Å². The van der Waals surface area contributed by atoms with Crippen LogP contribution in [0.2, 0.25) is 0 Å². The lowest BCUT2D eigenvalue weighted by atomic mass is 9.90. The third kappa shape index (κ3) is 7.61. The second kappa shape index (κ2) is 16.3. The van der Waals surface area contributed by atoms with Crippen LogP contribution in [0.4, 0.5) is 0 Å². The maximum Gasteiger partial charge on any atom is 0.164 e. The Balaban J connectivity index is 1.07. The first-order valence-corrected chi connectivity index (χ1v) is 19.9. The zero-order chi connectivity index (χ0) is 40.1. The minimum atomic E-state index is 0.608. The predicted octanol–water partition coefficient (Wildman–Crippen LogP) is 13.1. The number of nitrogens with zero attached hydrogens (tertiary/aromatic N) is 6. The lowest BCUT2D eigenvalue weighted by Crippen LogP contribution is -2.00. The molecule has 0 fully saturated rings. The van der Waals surface area contributed by atoms with Crippen LogP contribution in [0.3, 0.4) is 0 Å². The van der Waals surface area contributed by atoms with E-state index in [1.807, 2.05) is 127 Å². The Morgan fingerprint density at radius 3 is 0.883 bits per heavy atom. The topological polar surface area (TPSA) is 77.3 Å². The SMILES string of the molecule is c1ccc(-c2ccc(-c3ccc(-c4nc(-c5ccccc5)nc(-c5ccccc5)n4)cc3)c(-c3cccc(-c4nc(-c5ccccc5)nc(-c5ccccc5)n4)c3)c2)cc1. The average molecular weight is 769 g/mol. The Labute approximate surface area is 348 Å². The Hall–Kier alpha value is -8.22. The lowest BCUT2D eigenvalue weighted by Gasteiger charge is -2.15. The van der Waals surface area contributed by atoms with Gasteiger partial charge in [-0.1, -0.05) is 206 Å². The van der Waals surface area contributed by atoms with Gasteiger partial charge >= 0.3 is 0 Å². The van der Waals surface area contributed by atoms with Gasteiger partial charge in [0, 0.05) is 33.4 Å². The molecule has 2 heterocycles. The van der Waals surface area contributed by atoms with Crippen LogP contribution in [0, 0.1) is 0 Å². The Kier molecular flexibility index (Phi) is 9.84. The Morgan fingerprint density at radius 1 is 0.167 bits per heavy atom. The molecule has 10 rings (SSSR count). The molecular weight excluding hydrogens is 733 g/mol. The van der Waals surface area contributed by atoms with Crippen LogP contribution in [-0.2, 0) is 0 Å². The van der Waals surface area contributed by atoms with E-state index in [2.05, 4.69) is 91.0 Å². The van der Waals surface area contributed by atoms with Crippen LogP contribution < -0.4 is 0 Å². The van der Waals surface area contributed by atoms with Crippen molar-refractivity contribution in [1.29, 1.82) is 0 Å². The fourth-order valence-corrected chi connectivity index (χ4v) is 7.35. The van der Waals surface area contributed by atoms with Gasteiger partial charge in [0.1, 0.15) is 0 Å². The molecule has 0 saturated heterocycles. The zero-order valence-electron chi connectivity index (χ0n) is 32.5. The summed E-state index contributed by atoms with van der Waals surface area (Å²) in [5.74, 6) is 3.74. The molecule has 10 aromatic rings. The standard InChI is InChI=1S/C54H36N6/c1-6-17-37(18-7-1)44-33-34-47(38-29-31-43(32-30-38)53-57-49(39-19-8-2-9-20-39)55-50(58-53)40-21-10-3-11-22-40)48(36-44)45-27-16-28-46(35-45)54-59-51(41-23-12-4-13-24-41)56-52(60-54)42-25-14-5-15-26-42/h1-36H. The summed E-state index contributed by atoms with van der Waals surface area (Å²) < 4.78 is 0. The Morgan fingerprint density at radius 2 is 0.467 bits per heavy atom. The molecule has 60 heavy (non-hydrogen) atoms. The van der Waals surface area contributed by atoms with E-state index in [-0.39, 0.29) is 0 Å². The first kappa shape index (κ1) is 36.1. The van der Waals surface area contributed by atoms with Crippen molar-refractivity contribution in [3.63, 3.8) is 0 Å². The molecule has 0 radical (unpaired) electrons. The van der Waals surface area contributed by atoms with E-state index in [1.54, 1.807) is 0 Å². The molecule has 6 nitrogen and oxygen atoms in total. The fraction of sp³-hybridized carbons (Fsp3) is 0. The summed E-state index contributed by atoms with van der Waals surface area (Å²) in [5, 5.41) is 0. The molecule has 8 aromatic carbocycles. The second-order valence-corrected chi connectivity index (χ2v) is 14.4. The van der Waals surface area contributed by atoms with Crippen molar-refractivity contribution < 1.29 is 0 Å². The summed E-state index contributed by atoms with van der Waals surface area (Å²) in [4.78, 5) is 29.8. The lowest BCUT2D eigenvalue weighted by molar-refractivity contribution is 1.07. The van der Waals surface area contributed by atoms with Gasteiger partial charge in [-0.3, -0.25) is 0 Å². The number of benzene rings is 8. The summed E-state index contributed by atoms with van der Waals surface area (Å²) in [6.07, 6.45) is 0. The van der Waals surface area contributed by atoms with Crippen LogP contribution in [0.15, 0.2) is 218 Å². The fourth-order valence-electron chi connectivity index (χ4n) is 7.35. The molecule has 6 heteroatoms.